The summed E-state index contributed by atoms with van der Waals surface area (Å²) < 4.78 is 2.45. The van der Waals surface area contributed by atoms with Crippen LogP contribution in [0.1, 0.15) is 52.5 Å². The molecule has 1 aromatic heterocycles. The van der Waals surface area contributed by atoms with Crippen LogP contribution in [0.2, 0.25) is 0 Å². The zero-order chi connectivity index (χ0) is 18.8. The molecule has 2 bridgehead atoms. The van der Waals surface area contributed by atoms with Crippen molar-refractivity contribution in [3.05, 3.63) is 48.0 Å². The number of rotatable bonds is 3. The number of hydrogen-bond donors (Lipinski definition) is 0. The lowest BCUT2D eigenvalue weighted by Crippen LogP contribution is -2.34. The van der Waals surface area contributed by atoms with Crippen LogP contribution in [0.15, 0.2) is 42.5 Å². The average molecular weight is 361 g/mol. The lowest BCUT2D eigenvalue weighted by Gasteiger charge is -2.40. The minimum absolute atomic E-state index is 0.491. The molecule has 3 aromatic rings. The van der Waals surface area contributed by atoms with E-state index in [1.165, 1.54) is 53.2 Å². The number of aromatic nitrogens is 1. The summed E-state index contributed by atoms with van der Waals surface area (Å²) in [5.74, 6) is 0. The first-order valence-corrected chi connectivity index (χ1v) is 10.6. The molecule has 2 aromatic carbocycles. The number of hydrogen-bond acceptors (Lipinski definition) is 1. The Bertz CT molecular complexity index is 1010. The van der Waals surface area contributed by atoms with E-state index in [2.05, 4.69) is 79.6 Å². The number of nitrogens with zero attached hydrogens (tertiary/aromatic N) is 2. The Kier molecular flexibility index (Phi) is 3.75. The second kappa shape index (κ2) is 5.85. The molecule has 2 atom stereocenters. The third-order valence-corrected chi connectivity index (χ3v) is 7.06. The highest BCUT2D eigenvalue weighted by atomic mass is 15.2. The maximum absolute atomic E-state index is 2.77. The second-order valence-electron chi connectivity index (χ2n) is 10.2. The maximum Gasteiger partial charge on any atom is 0.0491 e. The molecule has 2 nitrogen and oxygen atoms in total. The Labute approximate surface area is 163 Å². The Morgan fingerprint density at radius 2 is 1.74 bits per heavy atom. The molecule has 1 saturated carbocycles. The third kappa shape index (κ3) is 2.81. The van der Waals surface area contributed by atoms with Crippen LogP contribution >= 0.6 is 0 Å². The third-order valence-electron chi connectivity index (χ3n) is 7.06. The van der Waals surface area contributed by atoms with Gasteiger partial charge in [0.05, 0.1) is 0 Å². The number of para-hydroxylation sites is 1. The summed E-state index contributed by atoms with van der Waals surface area (Å²) in [5, 5.41) is 2.81. The van der Waals surface area contributed by atoms with E-state index in [0.29, 0.717) is 10.8 Å². The summed E-state index contributed by atoms with van der Waals surface area (Å²) in [6, 6.07) is 16.8. The molecule has 142 valence electrons. The quantitative estimate of drug-likeness (QED) is 0.538. The molecule has 2 heteroatoms. The predicted octanol–water partition coefficient (Wildman–Crippen LogP) is 6.22. The van der Waals surface area contributed by atoms with Gasteiger partial charge in [-0.15, -0.1) is 0 Å². The molecule has 0 radical (unpaired) electrons. The van der Waals surface area contributed by atoms with Gasteiger partial charge in [-0.3, -0.25) is 4.90 Å². The molecular formula is C25H32N2. The average Bonchev–Trinajstić information content (AvgIpc) is 3.04. The van der Waals surface area contributed by atoms with Crippen LogP contribution in [0.25, 0.3) is 21.8 Å². The number of aryl methyl sites for hydroxylation is 1. The highest BCUT2D eigenvalue weighted by Crippen LogP contribution is 2.52. The minimum Gasteiger partial charge on any atom is -0.341 e. The zero-order valence-corrected chi connectivity index (χ0v) is 17.3. The van der Waals surface area contributed by atoms with Crippen LogP contribution in [-0.4, -0.2) is 22.1 Å². The van der Waals surface area contributed by atoms with Crippen molar-refractivity contribution in [2.75, 3.05) is 6.54 Å². The van der Waals surface area contributed by atoms with Crippen LogP contribution < -0.4 is 0 Å². The van der Waals surface area contributed by atoms with Gasteiger partial charge in [-0.05, 0) is 60.8 Å². The van der Waals surface area contributed by atoms with Gasteiger partial charge < -0.3 is 4.57 Å². The molecule has 0 N–H and O–H groups in total. The van der Waals surface area contributed by atoms with Crippen molar-refractivity contribution in [2.45, 2.75) is 66.1 Å². The summed E-state index contributed by atoms with van der Waals surface area (Å²) in [6.45, 7) is 13.1. The fraction of sp³-hybridized carbons (Fsp3) is 0.520. The molecule has 27 heavy (non-hydrogen) atoms. The lowest BCUT2D eigenvalue weighted by atomic mass is 9.65. The molecule has 1 aliphatic carbocycles. The van der Waals surface area contributed by atoms with Crippen LogP contribution in [0.5, 0.6) is 0 Å². The largest absolute Gasteiger partial charge is 0.341 e. The van der Waals surface area contributed by atoms with Crippen LogP contribution in [0.3, 0.4) is 0 Å². The Hall–Kier alpha value is -1.80. The van der Waals surface area contributed by atoms with Crippen molar-refractivity contribution in [1.82, 2.24) is 9.47 Å². The topological polar surface area (TPSA) is 8.17 Å². The van der Waals surface area contributed by atoms with Crippen molar-refractivity contribution < 1.29 is 0 Å². The Morgan fingerprint density at radius 3 is 2.56 bits per heavy atom. The standard InChI is InChI=1S/C25H32N2/c1-5-27-22-9-7-6-8-20(22)21-12-18(10-11-23(21)27)15-26-17-25(4)14-19(26)13-24(2,3)16-25/h6-12,19H,5,13-17H2,1-4H3/t19-,25-/m0/s1. The van der Waals surface area contributed by atoms with Crippen molar-refractivity contribution in [3.8, 4) is 0 Å². The van der Waals surface area contributed by atoms with E-state index >= 15 is 0 Å². The fourth-order valence-electron chi connectivity index (χ4n) is 6.54. The molecule has 2 fully saturated rings. The first kappa shape index (κ1) is 17.3. The van der Waals surface area contributed by atoms with E-state index < -0.39 is 0 Å². The molecule has 2 heterocycles. The first-order valence-electron chi connectivity index (χ1n) is 10.6. The van der Waals surface area contributed by atoms with E-state index in [1.54, 1.807) is 0 Å². The van der Waals surface area contributed by atoms with Gasteiger partial charge in [0, 0.05) is 47.5 Å². The maximum atomic E-state index is 2.77. The van der Waals surface area contributed by atoms with Crippen molar-refractivity contribution in [2.24, 2.45) is 10.8 Å². The van der Waals surface area contributed by atoms with Gasteiger partial charge in [-0.25, -0.2) is 0 Å². The molecule has 2 aliphatic rings. The van der Waals surface area contributed by atoms with E-state index in [1.807, 2.05) is 0 Å². The van der Waals surface area contributed by atoms with Gasteiger partial charge >= 0.3 is 0 Å². The molecule has 1 aliphatic heterocycles. The Morgan fingerprint density at radius 1 is 0.963 bits per heavy atom. The highest BCUT2D eigenvalue weighted by Gasteiger charge is 2.49. The first-order chi connectivity index (χ1) is 12.9. The zero-order valence-electron chi connectivity index (χ0n) is 17.3. The number of benzene rings is 2. The molecule has 1 saturated heterocycles. The fourth-order valence-corrected chi connectivity index (χ4v) is 6.54. The summed E-state index contributed by atoms with van der Waals surface area (Å²) in [5.41, 5.74) is 5.20. The van der Waals surface area contributed by atoms with Crippen LogP contribution in [0.4, 0.5) is 0 Å². The van der Waals surface area contributed by atoms with E-state index in [-0.39, 0.29) is 0 Å². The Balaban J connectivity index is 1.51. The smallest absolute Gasteiger partial charge is 0.0491 e. The normalized spacial score (nSPS) is 27.6. The van der Waals surface area contributed by atoms with Crippen molar-refractivity contribution >= 4 is 21.8 Å². The van der Waals surface area contributed by atoms with Gasteiger partial charge in [0.15, 0.2) is 0 Å². The summed E-state index contributed by atoms with van der Waals surface area (Å²) >= 11 is 0. The molecular weight excluding hydrogens is 328 g/mol. The van der Waals surface area contributed by atoms with Crippen LogP contribution in [-0.2, 0) is 13.1 Å². The monoisotopic (exact) mass is 360 g/mol. The van der Waals surface area contributed by atoms with Crippen molar-refractivity contribution in [1.29, 1.82) is 0 Å². The SMILES string of the molecule is CCn1c2ccccc2c2cc(CN3C[C@@]4(C)C[C@@H]3CC(C)(C)C4)ccc21. The van der Waals surface area contributed by atoms with E-state index in [9.17, 15) is 0 Å². The van der Waals surface area contributed by atoms with E-state index in [0.717, 1.165) is 19.1 Å². The summed E-state index contributed by atoms with van der Waals surface area (Å²) in [4.78, 5) is 2.77. The van der Waals surface area contributed by atoms with E-state index in [4.69, 9.17) is 0 Å². The summed E-state index contributed by atoms with van der Waals surface area (Å²) in [7, 11) is 0. The number of fused-ring (bicyclic) bond motifs is 5. The molecule has 0 amide bonds. The number of likely N-dealkylation sites (tertiary alicyclic amines) is 1. The van der Waals surface area contributed by atoms with Gasteiger partial charge in [0.1, 0.15) is 0 Å². The lowest BCUT2D eigenvalue weighted by molar-refractivity contribution is 0.126. The van der Waals surface area contributed by atoms with Gasteiger partial charge in [-0.2, -0.15) is 0 Å². The highest BCUT2D eigenvalue weighted by molar-refractivity contribution is 6.08. The van der Waals surface area contributed by atoms with Gasteiger partial charge in [0.25, 0.3) is 0 Å². The molecule has 5 rings (SSSR count). The molecule has 0 unspecified atom stereocenters. The minimum atomic E-state index is 0.491. The summed E-state index contributed by atoms with van der Waals surface area (Å²) in [6.07, 6.45) is 4.10. The molecule has 0 spiro atoms. The van der Waals surface area contributed by atoms with Crippen LogP contribution in [0, 0.1) is 10.8 Å². The van der Waals surface area contributed by atoms with Gasteiger partial charge in [0.2, 0.25) is 0 Å². The second-order valence-corrected chi connectivity index (χ2v) is 10.2. The van der Waals surface area contributed by atoms with Gasteiger partial charge in [-0.1, -0.05) is 45.0 Å². The van der Waals surface area contributed by atoms with Crippen molar-refractivity contribution in [3.63, 3.8) is 0 Å². The predicted molar refractivity (Wildman–Crippen MR) is 115 cm³/mol.